The molecule has 1 aromatic heterocycles. The smallest absolute Gasteiger partial charge is 0.273 e. The van der Waals surface area contributed by atoms with Crippen LogP contribution in [0.5, 0.6) is 0 Å². The van der Waals surface area contributed by atoms with Crippen molar-refractivity contribution >= 4 is 11.8 Å². The van der Waals surface area contributed by atoms with Crippen LogP contribution < -0.4 is 5.32 Å². The van der Waals surface area contributed by atoms with Crippen molar-refractivity contribution in [2.45, 2.75) is 19.1 Å². The predicted octanol–water partition coefficient (Wildman–Crippen LogP) is 4.78. The molecule has 0 spiro atoms. The molecule has 4 aromatic rings. The Bertz CT molecular complexity index is 1170. The summed E-state index contributed by atoms with van der Waals surface area (Å²) >= 11 is 0. The fourth-order valence-corrected chi connectivity index (χ4v) is 3.69. The second-order valence-corrected chi connectivity index (χ2v) is 7.65. The molecule has 3 aromatic carbocycles. The van der Waals surface area contributed by atoms with Crippen LogP contribution in [0.2, 0.25) is 0 Å². The van der Waals surface area contributed by atoms with Crippen molar-refractivity contribution in [1.29, 1.82) is 0 Å². The Kier molecular flexibility index (Phi) is 7.23. The third-order valence-electron chi connectivity index (χ3n) is 5.33. The van der Waals surface area contributed by atoms with Crippen LogP contribution in [0, 0.1) is 0 Å². The predicted molar refractivity (Wildman–Crippen MR) is 128 cm³/mol. The molecule has 33 heavy (non-hydrogen) atoms. The van der Waals surface area contributed by atoms with Gasteiger partial charge in [-0.1, -0.05) is 97.1 Å². The molecule has 0 aliphatic carbocycles. The average Bonchev–Trinajstić information content (AvgIpc) is 2.89. The molecular formula is C28H25N3O2. The Labute approximate surface area is 193 Å². The Morgan fingerprint density at radius 3 is 1.91 bits per heavy atom. The number of pyridine rings is 1. The van der Waals surface area contributed by atoms with E-state index in [1.54, 1.807) is 29.3 Å². The van der Waals surface area contributed by atoms with Gasteiger partial charge in [0.25, 0.3) is 5.91 Å². The summed E-state index contributed by atoms with van der Waals surface area (Å²) in [6, 6.07) is 33.2. The van der Waals surface area contributed by atoms with Crippen LogP contribution in [-0.4, -0.2) is 21.7 Å². The van der Waals surface area contributed by atoms with E-state index < -0.39 is 6.04 Å². The third kappa shape index (κ3) is 5.71. The quantitative estimate of drug-likeness (QED) is 0.433. The van der Waals surface area contributed by atoms with E-state index in [4.69, 9.17) is 0 Å². The Hall–Kier alpha value is -4.25. The van der Waals surface area contributed by atoms with Gasteiger partial charge in [0.05, 0.1) is 0 Å². The van der Waals surface area contributed by atoms with Crippen LogP contribution in [-0.2, 0) is 17.9 Å². The number of benzene rings is 3. The van der Waals surface area contributed by atoms with Gasteiger partial charge >= 0.3 is 0 Å². The molecule has 0 fully saturated rings. The normalized spacial score (nSPS) is 11.4. The van der Waals surface area contributed by atoms with Gasteiger partial charge in [-0.3, -0.25) is 14.6 Å². The second-order valence-electron chi connectivity index (χ2n) is 7.65. The Morgan fingerprint density at radius 1 is 0.727 bits per heavy atom. The molecule has 5 nitrogen and oxygen atoms in total. The van der Waals surface area contributed by atoms with Gasteiger partial charge in [-0.15, -0.1) is 0 Å². The van der Waals surface area contributed by atoms with Crippen LogP contribution in [0.3, 0.4) is 0 Å². The SMILES string of the molecule is O=C(NCc1ccccc1)C(c1ccccc1)N(Cc1ccccc1)C(=O)c1ccccn1. The first kappa shape index (κ1) is 22.0. The molecule has 0 bridgehead atoms. The highest BCUT2D eigenvalue weighted by Gasteiger charge is 2.32. The maximum absolute atomic E-state index is 13.6. The lowest BCUT2D eigenvalue weighted by atomic mass is 10.0. The molecule has 2 amide bonds. The lowest BCUT2D eigenvalue weighted by Crippen LogP contribution is -2.43. The van der Waals surface area contributed by atoms with E-state index in [2.05, 4.69) is 10.3 Å². The minimum absolute atomic E-state index is 0.245. The molecule has 0 aliphatic heterocycles. The van der Waals surface area contributed by atoms with Crippen molar-refractivity contribution in [3.63, 3.8) is 0 Å². The summed E-state index contributed by atoms with van der Waals surface area (Å²) in [7, 11) is 0. The van der Waals surface area contributed by atoms with Crippen molar-refractivity contribution in [3.8, 4) is 0 Å². The number of carbonyl (C=O) groups is 2. The third-order valence-corrected chi connectivity index (χ3v) is 5.33. The second kappa shape index (κ2) is 10.9. The fraction of sp³-hybridized carbons (Fsp3) is 0.107. The summed E-state index contributed by atoms with van der Waals surface area (Å²) in [4.78, 5) is 33.0. The topological polar surface area (TPSA) is 62.3 Å². The van der Waals surface area contributed by atoms with Crippen molar-refractivity contribution in [3.05, 3.63) is 138 Å². The van der Waals surface area contributed by atoms with Gasteiger partial charge in [0.2, 0.25) is 5.91 Å². The average molecular weight is 436 g/mol. The minimum atomic E-state index is -0.815. The first-order valence-corrected chi connectivity index (χ1v) is 10.8. The zero-order valence-electron chi connectivity index (χ0n) is 18.2. The first-order valence-electron chi connectivity index (χ1n) is 10.8. The number of aromatic nitrogens is 1. The number of hydrogen-bond acceptors (Lipinski definition) is 3. The molecular weight excluding hydrogens is 410 g/mol. The number of rotatable bonds is 8. The fourth-order valence-electron chi connectivity index (χ4n) is 3.69. The number of nitrogens with zero attached hydrogens (tertiary/aromatic N) is 2. The molecule has 0 saturated heterocycles. The van der Waals surface area contributed by atoms with Crippen LogP contribution in [0.1, 0.15) is 33.2 Å². The summed E-state index contributed by atoms with van der Waals surface area (Å²) in [6.07, 6.45) is 1.58. The monoisotopic (exact) mass is 435 g/mol. The molecule has 4 rings (SSSR count). The molecule has 1 heterocycles. The van der Waals surface area contributed by atoms with E-state index in [0.717, 1.165) is 16.7 Å². The largest absolute Gasteiger partial charge is 0.350 e. The number of nitrogens with one attached hydrogen (secondary N) is 1. The van der Waals surface area contributed by atoms with Crippen LogP contribution in [0.25, 0.3) is 0 Å². The summed E-state index contributed by atoms with van der Waals surface area (Å²) in [5, 5.41) is 3.02. The van der Waals surface area contributed by atoms with Gasteiger partial charge in [0.1, 0.15) is 11.7 Å². The molecule has 0 saturated carbocycles. The summed E-state index contributed by atoms with van der Waals surface area (Å²) in [5.41, 5.74) is 2.95. The maximum atomic E-state index is 13.6. The standard InChI is InChI=1S/C28H25N3O2/c32-27(30-20-22-12-4-1-5-13-22)26(24-16-8-3-9-17-24)31(21-23-14-6-2-7-15-23)28(33)25-18-10-11-19-29-25/h1-19,26H,20-21H2,(H,30,32). The van der Waals surface area contributed by atoms with E-state index in [0.29, 0.717) is 12.2 Å². The van der Waals surface area contributed by atoms with Crippen LogP contribution in [0.15, 0.2) is 115 Å². The summed E-state index contributed by atoms with van der Waals surface area (Å²) in [5.74, 6) is -0.548. The van der Waals surface area contributed by atoms with Gasteiger partial charge in [-0.25, -0.2) is 0 Å². The molecule has 1 N–H and O–H groups in total. The lowest BCUT2D eigenvalue weighted by molar-refractivity contribution is -0.126. The van der Waals surface area contributed by atoms with Crippen molar-refractivity contribution in [1.82, 2.24) is 15.2 Å². The van der Waals surface area contributed by atoms with Gasteiger partial charge in [-0.05, 0) is 28.8 Å². The zero-order valence-corrected chi connectivity index (χ0v) is 18.2. The number of carbonyl (C=O) groups excluding carboxylic acids is 2. The van der Waals surface area contributed by atoms with E-state index >= 15 is 0 Å². The van der Waals surface area contributed by atoms with Gasteiger partial charge in [0, 0.05) is 19.3 Å². The molecule has 164 valence electrons. The van der Waals surface area contributed by atoms with Crippen molar-refractivity contribution < 1.29 is 9.59 Å². The minimum Gasteiger partial charge on any atom is -0.350 e. The van der Waals surface area contributed by atoms with Crippen molar-refractivity contribution in [2.75, 3.05) is 0 Å². The Morgan fingerprint density at radius 2 is 1.30 bits per heavy atom. The van der Waals surface area contributed by atoms with E-state index in [-0.39, 0.29) is 18.4 Å². The Balaban J connectivity index is 1.70. The van der Waals surface area contributed by atoms with Gasteiger partial charge < -0.3 is 10.2 Å². The van der Waals surface area contributed by atoms with Gasteiger partial charge in [-0.2, -0.15) is 0 Å². The molecule has 1 unspecified atom stereocenters. The molecule has 1 atom stereocenters. The summed E-state index contributed by atoms with van der Waals surface area (Å²) in [6.45, 7) is 0.647. The highest BCUT2D eigenvalue weighted by molar-refractivity contribution is 5.96. The lowest BCUT2D eigenvalue weighted by Gasteiger charge is -2.31. The van der Waals surface area contributed by atoms with Crippen LogP contribution >= 0.6 is 0 Å². The highest BCUT2D eigenvalue weighted by atomic mass is 16.2. The zero-order chi connectivity index (χ0) is 22.9. The number of amides is 2. The summed E-state index contributed by atoms with van der Waals surface area (Å²) < 4.78 is 0. The maximum Gasteiger partial charge on any atom is 0.273 e. The van der Waals surface area contributed by atoms with Gasteiger partial charge in [0.15, 0.2) is 0 Å². The molecule has 0 radical (unpaired) electrons. The first-order chi connectivity index (χ1) is 16.2. The molecule has 5 heteroatoms. The highest BCUT2D eigenvalue weighted by Crippen LogP contribution is 2.25. The van der Waals surface area contributed by atoms with Crippen LogP contribution in [0.4, 0.5) is 0 Å². The van der Waals surface area contributed by atoms with Crippen molar-refractivity contribution in [2.24, 2.45) is 0 Å². The van der Waals surface area contributed by atoms with E-state index in [1.165, 1.54) is 0 Å². The number of hydrogen-bond donors (Lipinski definition) is 1. The van der Waals surface area contributed by atoms with E-state index in [1.807, 2.05) is 91.0 Å². The van der Waals surface area contributed by atoms with E-state index in [9.17, 15) is 9.59 Å². The molecule has 0 aliphatic rings.